The number of hydrogen-bond acceptors (Lipinski definition) is 1. The molecule has 1 saturated heterocycles. The van der Waals surface area contributed by atoms with Crippen LogP contribution in [-0.4, -0.2) is 23.9 Å². The van der Waals surface area contributed by atoms with E-state index in [1.165, 1.54) is 19.3 Å². The number of nitrogens with zero attached hydrogens (tertiary/aromatic N) is 1. The van der Waals surface area contributed by atoms with E-state index in [1.54, 1.807) is 0 Å². The third kappa shape index (κ3) is 3.80. The Hall–Kier alpha value is -0.530. The maximum absolute atomic E-state index is 12.2. The fourth-order valence-corrected chi connectivity index (χ4v) is 2.58. The van der Waals surface area contributed by atoms with Gasteiger partial charge in [0, 0.05) is 18.5 Å². The van der Waals surface area contributed by atoms with E-state index in [4.69, 9.17) is 0 Å². The second-order valence-electron chi connectivity index (χ2n) is 6.64. The number of likely N-dealkylation sites (tertiary alicyclic amines) is 1. The van der Waals surface area contributed by atoms with Gasteiger partial charge in [-0.2, -0.15) is 0 Å². The van der Waals surface area contributed by atoms with Gasteiger partial charge in [-0.25, -0.2) is 0 Å². The van der Waals surface area contributed by atoms with Crippen molar-refractivity contribution in [3.8, 4) is 0 Å². The molecule has 0 spiro atoms. The fraction of sp³-hybridized carbons (Fsp3) is 0.929. The molecule has 1 heterocycles. The second-order valence-corrected chi connectivity index (χ2v) is 6.64. The number of amides is 1. The van der Waals surface area contributed by atoms with E-state index in [0.29, 0.717) is 5.91 Å². The first-order valence-corrected chi connectivity index (χ1v) is 6.60. The summed E-state index contributed by atoms with van der Waals surface area (Å²) in [5, 5.41) is 0. The largest absolute Gasteiger partial charge is 0.342 e. The molecule has 1 aliphatic rings. The highest BCUT2D eigenvalue weighted by molar-refractivity contribution is 5.81. The van der Waals surface area contributed by atoms with Crippen LogP contribution in [0.25, 0.3) is 0 Å². The number of piperidine rings is 1. The zero-order valence-corrected chi connectivity index (χ0v) is 11.5. The van der Waals surface area contributed by atoms with Crippen LogP contribution in [0.15, 0.2) is 0 Å². The van der Waals surface area contributed by atoms with Crippen LogP contribution >= 0.6 is 0 Å². The lowest BCUT2D eigenvalue weighted by Gasteiger charge is -2.37. The lowest BCUT2D eigenvalue weighted by Crippen LogP contribution is -2.45. The summed E-state index contributed by atoms with van der Waals surface area (Å²) in [6, 6.07) is 0. The highest BCUT2D eigenvalue weighted by Gasteiger charge is 2.30. The van der Waals surface area contributed by atoms with Crippen LogP contribution in [0.2, 0.25) is 0 Å². The van der Waals surface area contributed by atoms with Gasteiger partial charge in [0.1, 0.15) is 0 Å². The topological polar surface area (TPSA) is 20.3 Å². The van der Waals surface area contributed by atoms with Crippen LogP contribution in [0.3, 0.4) is 0 Å². The van der Waals surface area contributed by atoms with Crippen molar-refractivity contribution in [1.29, 1.82) is 0 Å². The van der Waals surface area contributed by atoms with Crippen LogP contribution in [0.4, 0.5) is 0 Å². The standard InChI is InChI=1S/C14H27NO/c1-11(2)9-12-7-6-8-15(10-12)13(16)14(3,4)5/h11-12H,6-10H2,1-5H3. The molecule has 16 heavy (non-hydrogen) atoms. The molecule has 0 aromatic heterocycles. The van der Waals surface area contributed by atoms with Crippen molar-refractivity contribution in [2.24, 2.45) is 17.3 Å². The molecule has 0 N–H and O–H groups in total. The van der Waals surface area contributed by atoms with Gasteiger partial charge in [-0.05, 0) is 31.1 Å². The Bertz CT molecular complexity index is 240. The molecule has 0 radical (unpaired) electrons. The summed E-state index contributed by atoms with van der Waals surface area (Å²) in [5.41, 5.74) is -0.222. The van der Waals surface area contributed by atoms with E-state index in [2.05, 4.69) is 18.7 Å². The monoisotopic (exact) mass is 225 g/mol. The van der Waals surface area contributed by atoms with Crippen molar-refractivity contribution in [3.63, 3.8) is 0 Å². The van der Waals surface area contributed by atoms with E-state index in [1.807, 2.05) is 20.8 Å². The van der Waals surface area contributed by atoms with Gasteiger partial charge in [-0.1, -0.05) is 34.6 Å². The van der Waals surface area contributed by atoms with Gasteiger partial charge in [0.2, 0.25) is 5.91 Å². The summed E-state index contributed by atoms with van der Waals surface area (Å²) in [7, 11) is 0. The fourth-order valence-electron chi connectivity index (χ4n) is 2.58. The van der Waals surface area contributed by atoms with Crippen LogP contribution in [-0.2, 0) is 4.79 Å². The van der Waals surface area contributed by atoms with Crippen LogP contribution in [0.1, 0.15) is 53.9 Å². The van der Waals surface area contributed by atoms with E-state index < -0.39 is 0 Å². The Balaban J connectivity index is 2.54. The summed E-state index contributed by atoms with van der Waals surface area (Å²) in [6.07, 6.45) is 3.74. The normalized spacial score (nSPS) is 22.6. The molecule has 94 valence electrons. The lowest BCUT2D eigenvalue weighted by molar-refractivity contribution is -0.141. The maximum atomic E-state index is 12.2. The number of carbonyl (C=O) groups excluding carboxylic acids is 1. The van der Waals surface area contributed by atoms with E-state index in [9.17, 15) is 4.79 Å². The highest BCUT2D eigenvalue weighted by Crippen LogP contribution is 2.26. The van der Waals surface area contributed by atoms with Crippen molar-refractivity contribution in [3.05, 3.63) is 0 Å². The minimum Gasteiger partial charge on any atom is -0.342 e. The first-order valence-electron chi connectivity index (χ1n) is 6.60. The minimum absolute atomic E-state index is 0.222. The zero-order valence-electron chi connectivity index (χ0n) is 11.5. The Morgan fingerprint density at radius 1 is 1.38 bits per heavy atom. The van der Waals surface area contributed by atoms with Gasteiger partial charge >= 0.3 is 0 Å². The quantitative estimate of drug-likeness (QED) is 0.706. The Kier molecular flexibility index (Phi) is 4.40. The molecular formula is C14H27NO. The number of carbonyl (C=O) groups is 1. The van der Waals surface area contributed by atoms with Gasteiger partial charge < -0.3 is 4.90 Å². The van der Waals surface area contributed by atoms with E-state index in [0.717, 1.165) is 24.9 Å². The molecule has 0 bridgehead atoms. The van der Waals surface area contributed by atoms with E-state index >= 15 is 0 Å². The smallest absolute Gasteiger partial charge is 0.227 e. The van der Waals surface area contributed by atoms with Crippen molar-refractivity contribution in [1.82, 2.24) is 4.90 Å². The predicted molar refractivity (Wildman–Crippen MR) is 68.2 cm³/mol. The molecule has 1 aliphatic heterocycles. The summed E-state index contributed by atoms with van der Waals surface area (Å²) in [5.74, 6) is 1.79. The number of hydrogen-bond donors (Lipinski definition) is 0. The molecule has 0 aromatic carbocycles. The summed E-state index contributed by atoms with van der Waals surface area (Å²) >= 11 is 0. The van der Waals surface area contributed by atoms with Crippen LogP contribution < -0.4 is 0 Å². The zero-order chi connectivity index (χ0) is 12.3. The third-order valence-electron chi connectivity index (χ3n) is 3.25. The first-order chi connectivity index (χ1) is 7.30. The van der Waals surface area contributed by atoms with Gasteiger partial charge in [-0.3, -0.25) is 4.79 Å². The maximum Gasteiger partial charge on any atom is 0.227 e. The average molecular weight is 225 g/mol. The SMILES string of the molecule is CC(C)CC1CCCN(C(=O)C(C)(C)C)C1. The summed E-state index contributed by atoms with van der Waals surface area (Å²) in [6.45, 7) is 12.5. The molecule has 2 heteroatoms. The van der Waals surface area contributed by atoms with Crippen LogP contribution in [0, 0.1) is 17.3 Å². The average Bonchev–Trinajstić information content (AvgIpc) is 2.14. The molecule has 0 saturated carbocycles. The lowest BCUT2D eigenvalue weighted by atomic mass is 9.87. The summed E-state index contributed by atoms with van der Waals surface area (Å²) in [4.78, 5) is 14.3. The molecule has 1 rings (SSSR count). The van der Waals surface area contributed by atoms with Crippen molar-refractivity contribution in [2.45, 2.75) is 53.9 Å². The van der Waals surface area contributed by atoms with Gasteiger partial charge in [0.05, 0.1) is 0 Å². The second kappa shape index (κ2) is 5.20. The molecular weight excluding hydrogens is 198 g/mol. The van der Waals surface area contributed by atoms with Crippen molar-refractivity contribution < 1.29 is 4.79 Å². The van der Waals surface area contributed by atoms with Crippen molar-refractivity contribution >= 4 is 5.91 Å². The third-order valence-corrected chi connectivity index (χ3v) is 3.25. The molecule has 0 aromatic rings. The molecule has 2 nitrogen and oxygen atoms in total. The Morgan fingerprint density at radius 3 is 2.50 bits per heavy atom. The Labute approximate surface area is 100 Å². The number of rotatable bonds is 2. The predicted octanol–water partition coefficient (Wildman–Crippen LogP) is 3.32. The molecule has 1 atom stereocenters. The molecule has 1 amide bonds. The Morgan fingerprint density at radius 2 is 2.00 bits per heavy atom. The summed E-state index contributed by atoms with van der Waals surface area (Å²) < 4.78 is 0. The van der Waals surface area contributed by atoms with E-state index in [-0.39, 0.29) is 5.41 Å². The van der Waals surface area contributed by atoms with Crippen molar-refractivity contribution in [2.75, 3.05) is 13.1 Å². The molecule has 1 fully saturated rings. The molecule has 1 unspecified atom stereocenters. The van der Waals surface area contributed by atoms with Gasteiger partial charge in [-0.15, -0.1) is 0 Å². The molecule has 0 aliphatic carbocycles. The van der Waals surface area contributed by atoms with Crippen LogP contribution in [0.5, 0.6) is 0 Å². The van der Waals surface area contributed by atoms with Gasteiger partial charge in [0.15, 0.2) is 0 Å². The first kappa shape index (κ1) is 13.5. The van der Waals surface area contributed by atoms with Gasteiger partial charge in [0.25, 0.3) is 0 Å². The highest BCUT2D eigenvalue weighted by atomic mass is 16.2. The minimum atomic E-state index is -0.222.